The molecule has 0 aliphatic carbocycles. The average Bonchev–Trinajstić information content (AvgIpc) is 2.32. The summed E-state index contributed by atoms with van der Waals surface area (Å²) in [6.07, 6.45) is 0.356. The van der Waals surface area contributed by atoms with E-state index in [1.807, 2.05) is 0 Å². The Bertz CT molecular complexity index is 575. The molecule has 20 heavy (non-hydrogen) atoms. The number of nitrogens with two attached hydrogens (primary N) is 1. The number of amides is 1. The number of halogens is 1. The summed E-state index contributed by atoms with van der Waals surface area (Å²) >= 11 is 5.89. The van der Waals surface area contributed by atoms with Crippen molar-refractivity contribution in [3.05, 3.63) is 23.2 Å². The summed E-state index contributed by atoms with van der Waals surface area (Å²) in [4.78, 5) is 11.7. The molecular weight excluding hydrogens is 304 g/mol. The number of nitrogen functional groups attached to an aromatic ring is 1. The van der Waals surface area contributed by atoms with Gasteiger partial charge in [0, 0.05) is 19.4 Å². The van der Waals surface area contributed by atoms with E-state index < -0.39 is 21.5 Å². The Morgan fingerprint density at radius 2 is 2.15 bits per heavy atom. The Kier molecular flexibility index (Phi) is 6.25. The van der Waals surface area contributed by atoms with Gasteiger partial charge in [0.2, 0.25) is 5.91 Å². The molecule has 1 rings (SSSR count). The molecular formula is C12H17ClN2O4S. The predicted molar refractivity (Wildman–Crippen MR) is 79.6 cm³/mol. The third-order valence-corrected chi connectivity index (χ3v) is 4.35. The number of rotatable bonds is 7. The van der Waals surface area contributed by atoms with Crippen molar-refractivity contribution >= 4 is 38.7 Å². The Morgan fingerprint density at radius 1 is 1.45 bits per heavy atom. The normalized spacial score (nSPS) is 11.3. The Balaban J connectivity index is 2.59. The highest BCUT2D eigenvalue weighted by atomic mass is 35.5. The minimum atomic E-state index is -3.45. The first-order valence-corrected chi connectivity index (χ1v) is 8.08. The highest BCUT2D eigenvalue weighted by Crippen LogP contribution is 2.23. The van der Waals surface area contributed by atoms with E-state index in [0.717, 1.165) is 0 Å². The predicted octanol–water partition coefficient (Wildman–Crippen LogP) is 1.31. The number of ether oxygens (including phenoxy) is 1. The van der Waals surface area contributed by atoms with Crippen LogP contribution in [0.3, 0.4) is 0 Å². The number of methoxy groups -OCH3 is 1. The van der Waals surface area contributed by atoms with Gasteiger partial charge in [0.25, 0.3) is 0 Å². The van der Waals surface area contributed by atoms with Crippen LogP contribution in [0.4, 0.5) is 11.4 Å². The molecule has 1 aromatic rings. The van der Waals surface area contributed by atoms with Gasteiger partial charge in [-0.05, 0) is 24.6 Å². The van der Waals surface area contributed by atoms with E-state index in [1.54, 1.807) is 6.07 Å². The molecule has 1 aromatic carbocycles. The van der Waals surface area contributed by atoms with Crippen LogP contribution in [0, 0.1) is 0 Å². The van der Waals surface area contributed by atoms with Crippen LogP contribution in [0.2, 0.25) is 5.02 Å². The van der Waals surface area contributed by atoms with Crippen LogP contribution >= 0.6 is 11.6 Å². The molecule has 112 valence electrons. The van der Waals surface area contributed by atoms with Crippen molar-refractivity contribution in [3.8, 4) is 0 Å². The lowest BCUT2D eigenvalue weighted by atomic mass is 10.3. The lowest BCUT2D eigenvalue weighted by Crippen LogP contribution is -2.25. The molecule has 8 heteroatoms. The van der Waals surface area contributed by atoms with Crippen molar-refractivity contribution in [2.75, 3.05) is 36.3 Å². The zero-order valence-electron chi connectivity index (χ0n) is 11.1. The number of carbonyl (C=O) groups excluding carboxylic acids is 1. The van der Waals surface area contributed by atoms with Gasteiger partial charge in [-0.2, -0.15) is 0 Å². The second kappa shape index (κ2) is 7.47. The van der Waals surface area contributed by atoms with Gasteiger partial charge in [0.1, 0.15) is 5.75 Å². The highest BCUT2D eigenvalue weighted by molar-refractivity contribution is 7.92. The number of carbonyl (C=O) groups is 1. The molecule has 0 bridgehead atoms. The fraction of sp³-hybridized carbons (Fsp3) is 0.417. The van der Waals surface area contributed by atoms with Gasteiger partial charge in [0.05, 0.1) is 16.5 Å². The molecule has 1 amide bonds. The molecule has 6 nitrogen and oxygen atoms in total. The van der Waals surface area contributed by atoms with E-state index in [0.29, 0.717) is 24.4 Å². The van der Waals surface area contributed by atoms with E-state index in [2.05, 4.69) is 5.32 Å². The Labute approximate surface area is 123 Å². The van der Waals surface area contributed by atoms with Gasteiger partial charge in [-0.1, -0.05) is 11.6 Å². The molecule has 0 heterocycles. The third kappa shape index (κ3) is 5.77. The molecule has 0 radical (unpaired) electrons. The summed E-state index contributed by atoms with van der Waals surface area (Å²) in [5.41, 5.74) is 6.31. The molecule has 0 unspecified atom stereocenters. The number of nitrogens with one attached hydrogen (secondary N) is 1. The molecule has 0 atom stereocenters. The molecule has 0 spiro atoms. The monoisotopic (exact) mass is 320 g/mol. The van der Waals surface area contributed by atoms with Crippen molar-refractivity contribution in [1.29, 1.82) is 0 Å². The van der Waals surface area contributed by atoms with Crippen LogP contribution in [-0.2, 0) is 19.4 Å². The van der Waals surface area contributed by atoms with Gasteiger partial charge in [0.15, 0.2) is 9.84 Å². The zero-order chi connectivity index (χ0) is 15.2. The van der Waals surface area contributed by atoms with Gasteiger partial charge < -0.3 is 15.8 Å². The molecule has 0 aliphatic rings. The average molecular weight is 321 g/mol. The first kappa shape index (κ1) is 16.7. The maximum Gasteiger partial charge on any atom is 0.239 e. The Morgan fingerprint density at radius 3 is 2.75 bits per heavy atom. The van der Waals surface area contributed by atoms with Gasteiger partial charge in [-0.15, -0.1) is 0 Å². The lowest BCUT2D eigenvalue weighted by Gasteiger charge is -2.08. The first-order chi connectivity index (χ1) is 9.34. The summed E-state index contributed by atoms with van der Waals surface area (Å²) < 4.78 is 28.1. The summed E-state index contributed by atoms with van der Waals surface area (Å²) in [7, 11) is -1.97. The largest absolute Gasteiger partial charge is 0.399 e. The zero-order valence-corrected chi connectivity index (χ0v) is 12.6. The maximum absolute atomic E-state index is 11.7. The number of hydrogen-bond donors (Lipinski definition) is 2. The van der Waals surface area contributed by atoms with Gasteiger partial charge >= 0.3 is 0 Å². The lowest BCUT2D eigenvalue weighted by molar-refractivity contribution is -0.113. The van der Waals surface area contributed by atoms with E-state index in [1.165, 1.54) is 19.2 Å². The fourth-order valence-electron chi connectivity index (χ4n) is 1.51. The van der Waals surface area contributed by atoms with Crippen molar-refractivity contribution in [2.45, 2.75) is 6.42 Å². The fourth-order valence-corrected chi connectivity index (χ4v) is 2.92. The number of benzene rings is 1. The Hall–Kier alpha value is -1.31. The SMILES string of the molecule is COCCCS(=O)(=O)CC(=O)Nc1ccc(N)cc1Cl. The van der Waals surface area contributed by atoms with Crippen LogP contribution < -0.4 is 11.1 Å². The van der Waals surface area contributed by atoms with E-state index in [4.69, 9.17) is 22.1 Å². The minimum Gasteiger partial charge on any atom is -0.399 e. The van der Waals surface area contributed by atoms with Crippen LogP contribution in [0.1, 0.15) is 6.42 Å². The summed E-state index contributed by atoms with van der Waals surface area (Å²) in [5.74, 6) is -1.31. The van der Waals surface area contributed by atoms with Crippen molar-refractivity contribution in [3.63, 3.8) is 0 Å². The smallest absolute Gasteiger partial charge is 0.239 e. The molecule has 3 N–H and O–H groups in total. The van der Waals surface area contributed by atoms with E-state index >= 15 is 0 Å². The molecule has 0 aliphatic heterocycles. The summed E-state index contributed by atoms with van der Waals surface area (Å²) in [6, 6.07) is 4.56. The summed E-state index contributed by atoms with van der Waals surface area (Å²) in [5, 5.41) is 2.71. The quantitative estimate of drug-likeness (QED) is 0.583. The van der Waals surface area contributed by atoms with Crippen molar-refractivity contribution in [2.24, 2.45) is 0 Å². The van der Waals surface area contributed by atoms with Crippen LogP contribution in [0.15, 0.2) is 18.2 Å². The van der Waals surface area contributed by atoms with Crippen LogP contribution in [0.25, 0.3) is 0 Å². The highest BCUT2D eigenvalue weighted by Gasteiger charge is 2.17. The number of sulfone groups is 1. The van der Waals surface area contributed by atoms with Gasteiger partial charge in [-0.25, -0.2) is 8.42 Å². The third-order valence-electron chi connectivity index (χ3n) is 2.42. The first-order valence-electron chi connectivity index (χ1n) is 5.88. The molecule has 0 saturated carbocycles. The number of hydrogen-bond acceptors (Lipinski definition) is 5. The number of anilines is 2. The standard InChI is InChI=1S/C12H17ClN2O4S/c1-19-5-2-6-20(17,18)8-12(16)15-11-4-3-9(14)7-10(11)13/h3-4,7H,2,5-6,8,14H2,1H3,(H,15,16). The topological polar surface area (TPSA) is 98.5 Å². The van der Waals surface area contributed by atoms with Crippen LogP contribution in [-0.4, -0.2) is 39.5 Å². The van der Waals surface area contributed by atoms with E-state index in [-0.39, 0.29) is 10.8 Å². The van der Waals surface area contributed by atoms with Crippen molar-refractivity contribution < 1.29 is 17.9 Å². The maximum atomic E-state index is 11.7. The minimum absolute atomic E-state index is 0.0935. The molecule has 0 aromatic heterocycles. The van der Waals surface area contributed by atoms with Gasteiger partial charge in [-0.3, -0.25) is 4.79 Å². The molecule has 0 fully saturated rings. The van der Waals surface area contributed by atoms with E-state index in [9.17, 15) is 13.2 Å². The second-order valence-corrected chi connectivity index (χ2v) is 6.82. The molecule has 0 saturated heterocycles. The van der Waals surface area contributed by atoms with Crippen molar-refractivity contribution in [1.82, 2.24) is 0 Å². The van der Waals surface area contributed by atoms with Crippen LogP contribution in [0.5, 0.6) is 0 Å². The summed E-state index contributed by atoms with van der Waals surface area (Å²) in [6.45, 7) is 0.338. The second-order valence-electron chi connectivity index (χ2n) is 4.23.